The number of rotatable bonds is 1. The van der Waals surface area contributed by atoms with Gasteiger partial charge in [0.1, 0.15) is 6.04 Å². The second kappa shape index (κ2) is 4.18. The van der Waals surface area contributed by atoms with Gasteiger partial charge in [0.05, 0.1) is 0 Å². The second-order valence-electron chi connectivity index (χ2n) is 4.30. The molecule has 0 aliphatic carbocycles. The third-order valence-corrected chi connectivity index (χ3v) is 2.97. The average Bonchev–Trinajstić information content (AvgIpc) is 2.64. The summed E-state index contributed by atoms with van der Waals surface area (Å²) in [6.45, 7) is 4.39. The molecule has 2 atom stereocenters. The van der Waals surface area contributed by atoms with Crippen molar-refractivity contribution in [2.45, 2.75) is 31.8 Å². The first-order valence-electron chi connectivity index (χ1n) is 5.48. The van der Waals surface area contributed by atoms with Crippen LogP contribution in [0.3, 0.4) is 0 Å². The second-order valence-corrected chi connectivity index (χ2v) is 4.30. The van der Waals surface area contributed by atoms with Gasteiger partial charge in [-0.15, -0.1) is 0 Å². The van der Waals surface area contributed by atoms with Crippen molar-refractivity contribution in [3.8, 4) is 0 Å². The molecule has 0 radical (unpaired) electrons. The van der Waals surface area contributed by atoms with Crippen LogP contribution in [0.4, 0.5) is 0 Å². The van der Waals surface area contributed by atoms with Crippen molar-refractivity contribution in [1.82, 2.24) is 15.5 Å². The van der Waals surface area contributed by atoms with Gasteiger partial charge in [-0.2, -0.15) is 0 Å². The van der Waals surface area contributed by atoms with Crippen LogP contribution in [-0.2, 0) is 9.59 Å². The van der Waals surface area contributed by atoms with Crippen LogP contribution < -0.4 is 10.6 Å². The van der Waals surface area contributed by atoms with Crippen molar-refractivity contribution in [3.05, 3.63) is 0 Å². The van der Waals surface area contributed by atoms with E-state index in [0.29, 0.717) is 18.9 Å². The van der Waals surface area contributed by atoms with Crippen molar-refractivity contribution in [2.75, 3.05) is 19.6 Å². The summed E-state index contributed by atoms with van der Waals surface area (Å²) >= 11 is 0. The molecule has 0 aromatic rings. The van der Waals surface area contributed by atoms with Gasteiger partial charge in [-0.25, -0.2) is 0 Å². The number of piperazine rings is 1. The first kappa shape index (κ1) is 10.4. The Labute approximate surface area is 89.2 Å². The van der Waals surface area contributed by atoms with Gasteiger partial charge < -0.3 is 15.5 Å². The highest BCUT2D eigenvalue weighted by Crippen LogP contribution is 2.11. The molecule has 2 rings (SSSR count). The van der Waals surface area contributed by atoms with Crippen molar-refractivity contribution in [2.24, 2.45) is 0 Å². The van der Waals surface area contributed by atoms with E-state index in [9.17, 15) is 9.59 Å². The number of amides is 2. The number of hydrogen-bond acceptors (Lipinski definition) is 3. The topological polar surface area (TPSA) is 61.4 Å². The number of carbonyl (C=O) groups is 2. The van der Waals surface area contributed by atoms with Gasteiger partial charge in [0, 0.05) is 32.1 Å². The molecule has 2 amide bonds. The lowest BCUT2D eigenvalue weighted by molar-refractivity contribution is -0.135. The molecule has 5 heteroatoms. The average molecular weight is 211 g/mol. The molecule has 0 unspecified atom stereocenters. The molecule has 2 saturated heterocycles. The first-order chi connectivity index (χ1) is 7.16. The predicted molar refractivity (Wildman–Crippen MR) is 55.2 cm³/mol. The fourth-order valence-electron chi connectivity index (χ4n) is 2.15. The van der Waals surface area contributed by atoms with E-state index < -0.39 is 0 Å². The summed E-state index contributed by atoms with van der Waals surface area (Å²) in [5.41, 5.74) is 0. The van der Waals surface area contributed by atoms with Crippen LogP contribution in [-0.4, -0.2) is 48.4 Å². The molecular weight excluding hydrogens is 194 g/mol. The van der Waals surface area contributed by atoms with Crippen molar-refractivity contribution >= 4 is 11.8 Å². The van der Waals surface area contributed by atoms with Gasteiger partial charge in [-0.05, 0) is 13.3 Å². The Balaban J connectivity index is 1.92. The Morgan fingerprint density at radius 2 is 2.33 bits per heavy atom. The molecule has 2 fully saturated rings. The van der Waals surface area contributed by atoms with E-state index in [2.05, 4.69) is 17.6 Å². The standard InChI is InChI=1S/C10H17N3O2/c1-7-6-13(5-4-11-7)10(15)8-2-3-9(14)12-8/h7-8,11H,2-6H2,1H3,(H,12,14)/t7-,8+/m1/s1. The molecule has 2 aliphatic rings. The van der Waals surface area contributed by atoms with Gasteiger partial charge >= 0.3 is 0 Å². The van der Waals surface area contributed by atoms with Gasteiger partial charge in [-0.3, -0.25) is 9.59 Å². The third kappa shape index (κ3) is 2.28. The zero-order chi connectivity index (χ0) is 10.8. The maximum Gasteiger partial charge on any atom is 0.245 e. The van der Waals surface area contributed by atoms with Crippen LogP contribution >= 0.6 is 0 Å². The molecule has 2 heterocycles. The largest absolute Gasteiger partial charge is 0.344 e. The van der Waals surface area contributed by atoms with Crippen LogP contribution in [0.5, 0.6) is 0 Å². The molecular formula is C10H17N3O2. The van der Waals surface area contributed by atoms with E-state index in [-0.39, 0.29) is 17.9 Å². The lowest BCUT2D eigenvalue weighted by atomic mass is 10.1. The zero-order valence-electron chi connectivity index (χ0n) is 8.95. The summed E-state index contributed by atoms with van der Waals surface area (Å²) in [5, 5.41) is 6.00. The molecule has 2 N–H and O–H groups in total. The molecule has 84 valence electrons. The molecule has 0 saturated carbocycles. The molecule has 15 heavy (non-hydrogen) atoms. The van der Waals surface area contributed by atoms with Gasteiger partial charge in [0.2, 0.25) is 11.8 Å². The Bertz CT molecular complexity index is 280. The normalized spacial score (nSPS) is 31.5. The van der Waals surface area contributed by atoms with Crippen LogP contribution in [0.2, 0.25) is 0 Å². The maximum absolute atomic E-state index is 12.0. The summed E-state index contributed by atoms with van der Waals surface area (Å²) < 4.78 is 0. The molecule has 0 aromatic heterocycles. The molecule has 0 bridgehead atoms. The molecule has 5 nitrogen and oxygen atoms in total. The lowest BCUT2D eigenvalue weighted by Gasteiger charge is -2.33. The quantitative estimate of drug-likeness (QED) is 0.590. The summed E-state index contributed by atoms with van der Waals surface area (Å²) in [4.78, 5) is 24.8. The van der Waals surface area contributed by atoms with Gasteiger partial charge in [0.15, 0.2) is 0 Å². The number of carbonyl (C=O) groups excluding carboxylic acids is 2. The minimum Gasteiger partial charge on any atom is -0.344 e. The smallest absolute Gasteiger partial charge is 0.245 e. The lowest BCUT2D eigenvalue weighted by Crippen LogP contribution is -2.55. The highest BCUT2D eigenvalue weighted by molar-refractivity contribution is 5.90. The van der Waals surface area contributed by atoms with Crippen LogP contribution in [0.1, 0.15) is 19.8 Å². The Kier molecular flexibility index (Phi) is 2.90. The van der Waals surface area contributed by atoms with Crippen molar-refractivity contribution < 1.29 is 9.59 Å². The number of nitrogens with zero attached hydrogens (tertiary/aromatic N) is 1. The SMILES string of the molecule is C[C@@H]1CN(C(=O)[C@@H]2CCC(=O)N2)CCN1. The van der Waals surface area contributed by atoms with Crippen LogP contribution in [0, 0.1) is 0 Å². The first-order valence-corrected chi connectivity index (χ1v) is 5.48. The van der Waals surface area contributed by atoms with Gasteiger partial charge in [-0.1, -0.05) is 0 Å². The fraction of sp³-hybridized carbons (Fsp3) is 0.800. The summed E-state index contributed by atoms with van der Waals surface area (Å²) in [7, 11) is 0. The minimum atomic E-state index is -0.275. The molecule has 0 spiro atoms. The predicted octanol–water partition coefficient (Wildman–Crippen LogP) is -0.915. The van der Waals surface area contributed by atoms with E-state index in [4.69, 9.17) is 0 Å². The van der Waals surface area contributed by atoms with Crippen molar-refractivity contribution in [1.29, 1.82) is 0 Å². The zero-order valence-corrected chi connectivity index (χ0v) is 8.95. The van der Waals surface area contributed by atoms with E-state index in [1.807, 2.05) is 4.90 Å². The number of nitrogens with one attached hydrogen (secondary N) is 2. The van der Waals surface area contributed by atoms with E-state index >= 15 is 0 Å². The summed E-state index contributed by atoms with van der Waals surface area (Å²) in [5.74, 6) is 0.0748. The maximum atomic E-state index is 12.0. The monoisotopic (exact) mass is 211 g/mol. The Hall–Kier alpha value is -1.10. The minimum absolute atomic E-state index is 0.00321. The summed E-state index contributed by atoms with van der Waals surface area (Å²) in [6, 6.07) is 0.0719. The third-order valence-electron chi connectivity index (χ3n) is 2.97. The van der Waals surface area contributed by atoms with Crippen molar-refractivity contribution in [3.63, 3.8) is 0 Å². The number of hydrogen-bond donors (Lipinski definition) is 2. The van der Waals surface area contributed by atoms with E-state index in [1.165, 1.54) is 0 Å². The Morgan fingerprint density at radius 3 is 2.93 bits per heavy atom. The van der Waals surface area contributed by atoms with Crippen LogP contribution in [0.15, 0.2) is 0 Å². The Morgan fingerprint density at radius 1 is 1.53 bits per heavy atom. The highest BCUT2D eigenvalue weighted by atomic mass is 16.2. The van der Waals surface area contributed by atoms with Gasteiger partial charge in [0.25, 0.3) is 0 Å². The highest BCUT2D eigenvalue weighted by Gasteiger charge is 2.32. The van der Waals surface area contributed by atoms with E-state index in [1.54, 1.807) is 0 Å². The summed E-state index contributed by atoms with van der Waals surface area (Å²) in [6.07, 6.45) is 1.13. The molecule has 0 aromatic carbocycles. The molecule has 2 aliphatic heterocycles. The van der Waals surface area contributed by atoms with E-state index in [0.717, 1.165) is 19.6 Å². The fourth-order valence-corrected chi connectivity index (χ4v) is 2.15. The van der Waals surface area contributed by atoms with Crippen LogP contribution in [0.25, 0.3) is 0 Å².